The molecule has 1 aliphatic rings. The summed E-state index contributed by atoms with van der Waals surface area (Å²) in [6.07, 6.45) is -4.38. The molecule has 10 heteroatoms. The van der Waals surface area contributed by atoms with Crippen molar-refractivity contribution in [3.63, 3.8) is 0 Å². The lowest BCUT2D eigenvalue weighted by Crippen LogP contribution is -2.36. The molecule has 0 radical (unpaired) electrons. The molecule has 3 aromatic rings. The van der Waals surface area contributed by atoms with E-state index in [0.717, 1.165) is 30.9 Å². The third-order valence-corrected chi connectivity index (χ3v) is 5.46. The first-order valence-corrected chi connectivity index (χ1v) is 10.4. The average Bonchev–Trinajstić information content (AvgIpc) is 3.23. The molecule has 0 aliphatic carbocycles. The molecule has 1 amide bonds. The van der Waals surface area contributed by atoms with Crippen molar-refractivity contribution in [3.8, 4) is 0 Å². The summed E-state index contributed by atoms with van der Waals surface area (Å²) in [5.41, 5.74) is 1.66. The second-order valence-corrected chi connectivity index (χ2v) is 7.70. The van der Waals surface area contributed by atoms with Crippen LogP contribution in [0.5, 0.6) is 0 Å². The Morgan fingerprint density at radius 2 is 1.65 bits per heavy atom. The van der Waals surface area contributed by atoms with Gasteiger partial charge in [-0.1, -0.05) is 0 Å². The highest BCUT2D eigenvalue weighted by atomic mass is 32.1. The summed E-state index contributed by atoms with van der Waals surface area (Å²) >= 11 is 1.19. The predicted octanol–water partition coefficient (Wildman–Crippen LogP) is 4.99. The molecule has 1 fully saturated rings. The van der Waals surface area contributed by atoms with Crippen molar-refractivity contribution >= 4 is 39.4 Å². The summed E-state index contributed by atoms with van der Waals surface area (Å²) in [6, 6.07) is 12.2. The van der Waals surface area contributed by atoms with Gasteiger partial charge in [0, 0.05) is 35.5 Å². The molecule has 0 bridgehead atoms. The molecule has 162 valence electrons. The van der Waals surface area contributed by atoms with E-state index in [1.807, 2.05) is 24.3 Å². The average molecular weight is 448 g/mol. The van der Waals surface area contributed by atoms with E-state index in [1.165, 1.54) is 23.5 Å². The van der Waals surface area contributed by atoms with Crippen LogP contribution in [0.3, 0.4) is 0 Å². The van der Waals surface area contributed by atoms with Gasteiger partial charge in [-0.2, -0.15) is 13.2 Å². The standard InChI is InChI=1S/C21H19F3N4O2S/c22-21(23,24)14-1-3-16(4-2-14)26-20-27-18(13-31-20)19(29)25-15-5-7-17(8-6-15)28-9-11-30-12-10-28/h1-8,13H,9-12H2,(H,25,29)(H,26,27). The second-order valence-electron chi connectivity index (χ2n) is 6.84. The number of nitrogens with one attached hydrogen (secondary N) is 2. The fraction of sp³-hybridized carbons (Fsp3) is 0.238. The highest BCUT2D eigenvalue weighted by Crippen LogP contribution is 2.30. The third kappa shape index (κ3) is 5.33. The molecule has 1 aliphatic heterocycles. The van der Waals surface area contributed by atoms with E-state index in [9.17, 15) is 18.0 Å². The van der Waals surface area contributed by atoms with Crippen molar-refractivity contribution in [1.29, 1.82) is 0 Å². The smallest absolute Gasteiger partial charge is 0.378 e. The number of hydrogen-bond donors (Lipinski definition) is 2. The van der Waals surface area contributed by atoms with Crippen LogP contribution in [-0.2, 0) is 10.9 Å². The molecule has 2 aromatic carbocycles. The van der Waals surface area contributed by atoms with Crippen molar-refractivity contribution in [2.45, 2.75) is 6.18 Å². The van der Waals surface area contributed by atoms with Gasteiger partial charge in [0.05, 0.1) is 18.8 Å². The van der Waals surface area contributed by atoms with Crippen molar-refractivity contribution in [2.24, 2.45) is 0 Å². The van der Waals surface area contributed by atoms with Gasteiger partial charge in [0.15, 0.2) is 5.13 Å². The normalized spacial score (nSPS) is 14.4. The van der Waals surface area contributed by atoms with Gasteiger partial charge in [-0.3, -0.25) is 4.79 Å². The number of amides is 1. The molecule has 2 heterocycles. The Bertz CT molecular complexity index is 1030. The van der Waals surface area contributed by atoms with Crippen LogP contribution in [0.2, 0.25) is 0 Å². The van der Waals surface area contributed by atoms with Crippen LogP contribution >= 0.6 is 11.3 Å². The van der Waals surface area contributed by atoms with Gasteiger partial charge in [-0.05, 0) is 48.5 Å². The van der Waals surface area contributed by atoms with Gasteiger partial charge in [-0.15, -0.1) is 11.3 Å². The van der Waals surface area contributed by atoms with Gasteiger partial charge in [0.2, 0.25) is 0 Å². The first kappa shape index (κ1) is 21.1. The fourth-order valence-electron chi connectivity index (χ4n) is 3.07. The predicted molar refractivity (Wildman–Crippen MR) is 114 cm³/mol. The molecule has 4 rings (SSSR count). The molecule has 0 atom stereocenters. The summed E-state index contributed by atoms with van der Waals surface area (Å²) < 4.78 is 43.3. The van der Waals surface area contributed by atoms with Gasteiger partial charge >= 0.3 is 6.18 Å². The SMILES string of the molecule is O=C(Nc1ccc(N2CCOCC2)cc1)c1csc(Nc2ccc(C(F)(F)F)cc2)n1. The minimum absolute atomic E-state index is 0.219. The molecular weight excluding hydrogens is 429 g/mol. The topological polar surface area (TPSA) is 66.5 Å². The van der Waals surface area contributed by atoms with E-state index in [-0.39, 0.29) is 11.6 Å². The number of benzene rings is 2. The Morgan fingerprint density at radius 3 is 2.29 bits per heavy atom. The van der Waals surface area contributed by atoms with Crippen LogP contribution in [0.15, 0.2) is 53.9 Å². The van der Waals surface area contributed by atoms with Crippen LogP contribution in [0, 0.1) is 0 Å². The first-order chi connectivity index (χ1) is 14.9. The van der Waals surface area contributed by atoms with Crippen LogP contribution in [0.4, 0.5) is 35.4 Å². The van der Waals surface area contributed by atoms with E-state index in [4.69, 9.17) is 4.74 Å². The number of hydrogen-bond acceptors (Lipinski definition) is 6. The number of ether oxygens (including phenoxy) is 1. The summed E-state index contributed by atoms with van der Waals surface area (Å²) in [6.45, 7) is 3.06. The highest BCUT2D eigenvalue weighted by molar-refractivity contribution is 7.14. The number of aromatic nitrogens is 1. The largest absolute Gasteiger partial charge is 0.416 e. The number of alkyl halides is 3. The molecule has 1 saturated heterocycles. The quantitative estimate of drug-likeness (QED) is 0.576. The van der Waals surface area contributed by atoms with E-state index in [0.29, 0.717) is 29.7 Å². The number of carbonyl (C=O) groups is 1. The van der Waals surface area contributed by atoms with E-state index < -0.39 is 11.7 Å². The van der Waals surface area contributed by atoms with E-state index in [1.54, 1.807) is 5.38 Å². The van der Waals surface area contributed by atoms with Gasteiger partial charge in [0.25, 0.3) is 5.91 Å². The minimum Gasteiger partial charge on any atom is -0.378 e. The number of carbonyl (C=O) groups excluding carboxylic acids is 1. The number of thiazole rings is 1. The zero-order chi connectivity index (χ0) is 21.8. The zero-order valence-corrected chi connectivity index (χ0v) is 17.1. The molecule has 2 N–H and O–H groups in total. The maximum absolute atomic E-state index is 12.7. The molecular formula is C21H19F3N4O2S. The van der Waals surface area contributed by atoms with Crippen LogP contribution in [0.25, 0.3) is 0 Å². The maximum Gasteiger partial charge on any atom is 0.416 e. The lowest BCUT2D eigenvalue weighted by Gasteiger charge is -2.28. The molecule has 1 aromatic heterocycles. The van der Waals surface area contributed by atoms with Crippen molar-refractivity contribution in [2.75, 3.05) is 41.8 Å². The van der Waals surface area contributed by atoms with Crippen molar-refractivity contribution in [1.82, 2.24) is 4.98 Å². The van der Waals surface area contributed by atoms with Gasteiger partial charge in [0.1, 0.15) is 5.69 Å². The molecule has 31 heavy (non-hydrogen) atoms. The highest BCUT2D eigenvalue weighted by Gasteiger charge is 2.30. The Labute approximate surface area is 180 Å². The van der Waals surface area contributed by atoms with Crippen LogP contribution in [0.1, 0.15) is 16.1 Å². The fourth-order valence-corrected chi connectivity index (χ4v) is 3.78. The Kier molecular flexibility index (Phi) is 6.10. The summed E-state index contributed by atoms with van der Waals surface area (Å²) in [7, 11) is 0. The molecule has 0 spiro atoms. The molecule has 6 nitrogen and oxygen atoms in total. The maximum atomic E-state index is 12.7. The first-order valence-electron chi connectivity index (χ1n) is 9.52. The summed E-state index contributed by atoms with van der Waals surface area (Å²) in [5.74, 6) is -0.365. The molecule has 0 unspecified atom stereocenters. The monoisotopic (exact) mass is 448 g/mol. The zero-order valence-electron chi connectivity index (χ0n) is 16.3. The van der Waals surface area contributed by atoms with Crippen LogP contribution < -0.4 is 15.5 Å². The molecule has 0 saturated carbocycles. The number of rotatable bonds is 5. The van der Waals surface area contributed by atoms with Crippen molar-refractivity contribution < 1.29 is 22.7 Å². The van der Waals surface area contributed by atoms with Crippen molar-refractivity contribution in [3.05, 3.63) is 65.2 Å². The van der Waals surface area contributed by atoms with E-state index in [2.05, 4.69) is 20.5 Å². The van der Waals surface area contributed by atoms with Gasteiger partial charge < -0.3 is 20.3 Å². The second kappa shape index (κ2) is 8.94. The summed E-state index contributed by atoms with van der Waals surface area (Å²) in [5, 5.41) is 7.71. The number of morpholine rings is 1. The summed E-state index contributed by atoms with van der Waals surface area (Å²) in [4.78, 5) is 18.9. The lowest BCUT2D eigenvalue weighted by atomic mass is 10.2. The Hall–Kier alpha value is -3.11. The lowest BCUT2D eigenvalue weighted by molar-refractivity contribution is -0.137. The minimum atomic E-state index is -4.38. The number of nitrogens with zero attached hydrogens (tertiary/aromatic N) is 2. The number of halogens is 3. The third-order valence-electron chi connectivity index (χ3n) is 4.70. The number of anilines is 4. The van der Waals surface area contributed by atoms with Gasteiger partial charge in [-0.25, -0.2) is 4.98 Å². The Morgan fingerprint density at radius 1 is 1.00 bits per heavy atom. The van der Waals surface area contributed by atoms with Crippen LogP contribution in [-0.4, -0.2) is 37.2 Å². The Balaban J connectivity index is 1.35. The van der Waals surface area contributed by atoms with E-state index >= 15 is 0 Å².